The van der Waals surface area contributed by atoms with Gasteiger partial charge in [0.1, 0.15) is 0 Å². The van der Waals surface area contributed by atoms with Crippen LogP contribution in [-0.4, -0.2) is 30.1 Å². The van der Waals surface area contributed by atoms with Crippen molar-refractivity contribution in [2.24, 2.45) is 11.8 Å². The number of nitrogens with zero attached hydrogens (tertiary/aromatic N) is 1. The molecule has 5 heteroatoms. The minimum atomic E-state index is -4.72. The Hall–Kier alpha value is -0.740. The van der Waals surface area contributed by atoms with Crippen molar-refractivity contribution in [3.63, 3.8) is 0 Å². The van der Waals surface area contributed by atoms with Gasteiger partial charge in [-0.3, -0.25) is 4.79 Å². The van der Waals surface area contributed by atoms with Crippen LogP contribution in [0.2, 0.25) is 0 Å². The van der Waals surface area contributed by atoms with E-state index >= 15 is 0 Å². The highest BCUT2D eigenvalue weighted by molar-refractivity contribution is 5.81. The van der Waals surface area contributed by atoms with Crippen molar-refractivity contribution in [3.8, 4) is 0 Å². The van der Waals surface area contributed by atoms with Gasteiger partial charge in [-0.15, -0.1) is 0 Å². The highest BCUT2D eigenvalue weighted by Crippen LogP contribution is 2.26. The van der Waals surface area contributed by atoms with E-state index in [4.69, 9.17) is 0 Å². The van der Waals surface area contributed by atoms with Gasteiger partial charge in [-0.25, -0.2) is 0 Å². The van der Waals surface area contributed by atoms with Crippen LogP contribution >= 0.6 is 0 Å². The molecule has 0 radical (unpaired) electrons. The Morgan fingerprint density at radius 1 is 1.29 bits per heavy atom. The van der Waals surface area contributed by atoms with Crippen LogP contribution < -0.4 is 0 Å². The Labute approximate surface area is 100 Å². The van der Waals surface area contributed by atoms with E-state index in [9.17, 15) is 18.0 Å². The SMILES string of the molecule is CC(C)CCC1CCN(C(=O)C(F)(F)F)CC1. The predicted octanol–water partition coefficient (Wildman–Crippen LogP) is 3.22. The molecule has 2 nitrogen and oxygen atoms in total. The fourth-order valence-corrected chi connectivity index (χ4v) is 2.17. The minimum Gasteiger partial charge on any atom is -0.335 e. The van der Waals surface area contributed by atoms with Crippen LogP contribution in [0.1, 0.15) is 39.5 Å². The third-order valence-electron chi connectivity index (χ3n) is 3.30. The molecule has 1 amide bonds. The number of carbonyl (C=O) groups excluding carboxylic acids is 1. The second-order valence-corrected chi connectivity index (χ2v) is 5.20. The first-order valence-electron chi connectivity index (χ1n) is 6.16. The molecule has 1 heterocycles. The van der Waals surface area contributed by atoms with Gasteiger partial charge in [0.2, 0.25) is 0 Å². The molecule has 0 aromatic rings. The lowest BCUT2D eigenvalue weighted by Crippen LogP contribution is -2.45. The molecule has 0 N–H and O–H groups in total. The van der Waals surface area contributed by atoms with Crippen molar-refractivity contribution in [1.82, 2.24) is 4.90 Å². The number of piperidine rings is 1. The largest absolute Gasteiger partial charge is 0.471 e. The van der Waals surface area contributed by atoms with Crippen LogP contribution in [-0.2, 0) is 4.79 Å². The van der Waals surface area contributed by atoms with E-state index in [1.165, 1.54) is 0 Å². The van der Waals surface area contributed by atoms with Crippen LogP contribution in [0.15, 0.2) is 0 Å². The lowest BCUT2D eigenvalue weighted by Gasteiger charge is -2.32. The van der Waals surface area contributed by atoms with E-state index in [2.05, 4.69) is 13.8 Å². The maximum atomic E-state index is 12.2. The monoisotopic (exact) mass is 251 g/mol. The Bertz CT molecular complexity index is 255. The fraction of sp³-hybridized carbons (Fsp3) is 0.917. The number of carbonyl (C=O) groups is 1. The van der Waals surface area contributed by atoms with Gasteiger partial charge in [0.05, 0.1) is 0 Å². The molecule has 0 atom stereocenters. The zero-order chi connectivity index (χ0) is 13.1. The summed E-state index contributed by atoms with van der Waals surface area (Å²) in [7, 11) is 0. The van der Waals surface area contributed by atoms with Crippen LogP contribution in [0.25, 0.3) is 0 Å². The van der Waals surface area contributed by atoms with Gasteiger partial charge in [-0.05, 0) is 24.7 Å². The molecule has 17 heavy (non-hydrogen) atoms. The average molecular weight is 251 g/mol. The Morgan fingerprint density at radius 2 is 1.82 bits per heavy atom. The predicted molar refractivity (Wildman–Crippen MR) is 59.4 cm³/mol. The van der Waals surface area contributed by atoms with Crippen molar-refractivity contribution in [2.45, 2.75) is 45.7 Å². The lowest BCUT2D eigenvalue weighted by atomic mass is 9.89. The first-order valence-corrected chi connectivity index (χ1v) is 6.16. The van der Waals surface area contributed by atoms with Gasteiger partial charge in [-0.2, -0.15) is 13.2 Å². The molecule has 1 fully saturated rings. The summed E-state index contributed by atoms with van der Waals surface area (Å²) >= 11 is 0. The molecule has 0 aromatic heterocycles. The van der Waals surface area contributed by atoms with E-state index < -0.39 is 12.1 Å². The molecular formula is C12H20F3NO. The van der Waals surface area contributed by atoms with Crippen LogP contribution in [0.4, 0.5) is 13.2 Å². The highest BCUT2D eigenvalue weighted by Gasteiger charge is 2.43. The number of rotatable bonds is 3. The van der Waals surface area contributed by atoms with Gasteiger partial charge in [-0.1, -0.05) is 26.7 Å². The van der Waals surface area contributed by atoms with Gasteiger partial charge < -0.3 is 4.90 Å². The van der Waals surface area contributed by atoms with E-state index in [0.717, 1.165) is 17.7 Å². The summed E-state index contributed by atoms with van der Waals surface area (Å²) in [6.45, 7) is 4.78. The second kappa shape index (κ2) is 5.74. The first kappa shape index (κ1) is 14.3. The molecule has 1 rings (SSSR count). The van der Waals surface area contributed by atoms with Gasteiger partial charge in [0.15, 0.2) is 0 Å². The van der Waals surface area contributed by atoms with E-state index in [1.807, 2.05) is 0 Å². The quantitative estimate of drug-likeness (QED) is 0.754. The van der Waals surface area contributed by atoms with Gasteiger partial charge in [0, 0.05) is 13.1 Å². The first-order chi connectivity index (χ1) is 7.80. The number of hydrogen-bond donors (Lipinski definition) is 0. The van der Waals surface area contributed by atoms with Crippen molar-refractivity contribution in [2.75, 3.05) is 13.1 Å². The maximum absolute atomic E-state index is 12.2. The second-order valence-electron chi connectivity index (χ2n) is 5.20. The minimum absolute atomic E-state index is 0.251. The standard InChI is InChI=1S/C12H20F3NO/c1-9(2)3-4-10-5-7-16(8-6-10)11(17)12(13,14)15/h9-10H,3-8H2,1-2H3. The number of hydrogen-bond acceptors (Lipinski definition) is 1. The molecule has 0 unspecified atom stereocenters. The molecular weight excluding hydrogens is 231 g/mol. The zero-order valence-corrected chi connectivity index (χ0v) is 10.4. The average Bonchev–Trinajstić information content (AvgIpc) is 2.25. The van der Waals surface area contributed by atoms with E-state index in [-0.39, 0.29) is 13.1 Å². The Balaban J connectivity index is 2.33. The molecule has 0 aliphatic carbocycles. The molecule has 1 saturated heterocycles. The number of amides is 1. The summed E-state index contributed by atoms with van der Waals surface area (Å²) in [6.07, 6.45) is -1.14. The normalized spacial score (nSPS) is 18.8. The van der Waals surface area contributed by atoms with Crippen molar-refractivity contribution in [1.29, 1.82) is 0 Å². The molecule has 1 aliphatic rings. The van der Waals surface area contributed by atoms with Crippen molar-refractivity contribution in [3.05, 3.63) is 0 Å². The topological polar surface area (TPSA) is 20.3 Å². The number of halogens is 3. The molecule has 0 saturated carbocycles. The van der Waals surface area contributed by atoms with Crippen LogP contribution in [0, 0.1) is 11.8 Å². The summed E-state index contributed by atoms with van der Waals surface area (Å²) in [6, 6.07) is 0. The lowest BCUT2D eigenvalue weighted by molar-refractivity contribution is -0.186. The number of alkyl halides is 3. The van der Waals surface area contributed by atoms with Crippen LogP contribution in [0.5, 0.6) is 0 Å². The third kappa shape index (κ3) is 4.56. The maximum Gasteiger partial charge on any atom is 0.471 e. The van der Waals surface area contributed by atoms with E-state index in [1.54, 1.807) is 0 Å². The van der Waals surface area contributed by atoms with E-state index in [0.29, 0.717) is 24.7 Å². The molecule has 0 spiro atoms. The highest BCUT2D eigenvalue weighted by atomic mass is 19.4. The smallest absolute Gasteiger partial charge is 0.335 e. The summed E-state index contributed by atoms with van der Waals surface area (Å²) < 4.78 is 36.6. The molecule has 100 valence electrons. The summed E-state index contributed by atoms with van der Waals surface area (Å²) in [4.78, 5) is 11.9. The number of likely N-dealkylation sites (tertiary alicyclic amines) is 1. The van der Waals surface area contributed by atoms with Crippen LogP contribution in [0.3, 0.4) is 0 Å². The Kier molecular flexibility index (Phi) is 4.83. The fourth-order valence-electron chi connectivity index (χ4n) is 2.17. The van der Waals surface area contributed by atoms with Gasteiger partial charge >= 0.3 is 12.1 Å². The molecule has 1 aliphatic heterocycles. The summed E-state index contributed by atoms with van der Waals surface area (Å²) in [5.41, 5.74) is 0. The third-order valence-corrected chi connectivity index (χ3v) is 3.30. The summed E-state index contributed by atoms with van der Waals surface area (Å²) in [5.74, 6) is -0.570. The zero-order valence-electron chi connectivity index (χ0n) is 10.4. The molecule has 0 aromatic carbocycles. The van der Waals surface area contributed by atoms with Crippen molar-refractivity contribution < 1.29 is 18.0 Å². The van der Waals surface area contributed by atoms with Gasteiger partial charge in [0.25, 0.3) is 0 Å². The summed E-state index contributed by atoms with van der Waals surface area (Å²) in [5, 5.41) is 0. The Morgan fingerprint density at radius 3 is 2.24 bits per heavy atom. The van der Waals surface area contributed by atoms with Crippen molar-refractivity contribution >= 4 is 5.91 Å². The molecule has 0 bridgehead atoms.